The number of nitrogens with zero attached hydrogens (tertiary/aromatic N) is 3. The molecule has 2 aromatic carbocycles. The largest absolute Gasteiger partial charge is 0.332 e. The van der Waals surface area contributed by atoms with Gasteiger partial charge in [0.1, 0.15) is 6.33 Å². The number of halogens is 1. The van der Waals surface area contributed by atoms with Gasteiger partial charge in [-0.05, 0) is 49.3 Å². The molecular weight excluding hydrogens is 354 g/mol. The van der Waals surface area contributed by atoms with Crippen LogP contribution in [0.5, 0.6) is 0 Å². The van der Waals surface area contributed by atoms with Gasteiger partial charge in [-0.2, -0.15) is 0 Å². The van der Waals surface area contributed by atoms with Crippen molar-refractivity contribution in [3.05, 3.63) is 70.5 Å². The van der Waals surface area contributed by atoms with E-state index in [2.05, 4.69) is 51.9 Å². The number of hydrogen-bond donors (Lipinski definition) is 2. The van der Waals surface area contributed by atoms with Crippen LogP contribution in [-0.2, 0) is 6.54 Å². The van der Waals surface area contributed by atoms with Gasteiger partial charge in [0.2, 0.25) is 5.95 Å². The van der Waals surface area contributed by atoms with Crippen molar-refractivity contribution in [1.29, 1.82) is 0 Å². The van der Waals surface area contributed by atoms with Gasteiger partial charge >= 0.3 is 0 Å². The summed E-state index contributed by atoms with van der Waals surface area (Å²) >= 11 is 11.4. The third-order valence-corrected chi connectivity index (χ3v) is 4.27. The second-order valence-electron chi connectivity index (χ2n) is 5.79. The Balaban J connectivity index is 1.59. The lowest BCUT2D eigenvalue weighted by molar-refractivity contribution is 0.687. The third-order valence-electron chi connectivity index (χ3n) is 3.66. The highest BCUT2D eigenvalue weighted by molar-refractivity contribution is 7.80. The van der Waals surface area contributed by atoms with Crippen molar-refractivity contribution in [3.8, 4) is 0 Å². The summed E-state index contributed by atoms with van der Waals surface area (Å²) in [6, 6.07) is 14.0. The van der Waals surface area contributed by atoms with Gasteiger partial charge in [-0.25, -0.2) is 9.67 Å². The van der Waals surface area contributed by atoms with Gasteiger partial charge < -0.3 is 5.32 Å². The Morgan fingerprint density at radius 3 is 2.60 bits per heavy atom. The Bertz CT molecular complexity index is 889. The summed E-state index contributed by atoms with van der Waals surface area (Å²) in [4.78, 5) is 4.23. The summed E-state index contributed by atoms with van der Waals surface area (Å²) < 4.78 is 1.76. The van der Waals surface area contributed by atoms with Gasteiger partial charge in [0.25, 0.3) is 0 Å². The number of aromatic nitrogens is 3. The Morgan fingerprint density at radius 1 is 1.12 bits per heavy atom. The van der Waals surface area contributed by atoms with Crippen molar-refractivity contribution < 1.29 is 0 Å². The fourth-order valence-electron chi connectivity index (χ4n) is 2.24. The van der Waals surface area contributed by atoms with Crippen LogP contribution in [0.1, 0.15) is 16.7 Å². The lowest BCUT2D eigenvalue weighted by Crippen LogP contribution is -2.20. The van der Waals surface area contributed by atoms with Crippen LogP contribution in [0, 0.1) is 13.8 Å². The molecule has 128 valence electrons. The van der Waals surface area contributed by atoms with Gasteiger partial charge in [-0.15, -0.1) is 5.10 Å². The smallest absolute Gasteiger partial charge is 0.248 e. The molecule has 0 atom stereocenters. The topological polar surface area (TPSA) is 54.8 Å². The lowest BCUT2D eigenvalue weighted by Gasteiger charge is -2.09. The number of aryl methyl sites for hydroxylation is 2. The molecule has 25 heavy (non-hydrogen) atoms. The molecule has 0 saturated heterocycles. The number of hydrogen-bond acceptors (Lipinski definition) is 3. The van der Waals surface area contributed by atoms with E-state index in [9.17, 15) is 0 Å². The average Bonchev–Trinajstić information content (AvgIpc) is 3.00. The molecule has 1 aromatic heterocycles. The van der Waals surface area contributed by atoms with Crippen molar-refractivity contribution in [1.82, 2.24) is 14.8 Å². The van der Waals surface area contributed by atoms with Crippen LogP contribution >= 0.6 is 23.8 Å². The minimum atomic E-state index is 0.410. The highest BCUT2D eigenvalue weighted by Crippen LogP contribution is 2.20. The van der Waals surface area contributed by atoms with E-state index in [4.69, 9.17) is 23.8 Å². The summed E-state index contributed by atoms with van der Waals surface area (Å²) in [7, 11) is 0. The molecule has 0 fully saturated rings. The third kappa shape index (κ3) is 4.78. The maximum absolute atomic E-state index is 6.12. The van der Waals surface area contributed by atoms with Gasteiger partial charge in [0, 0.05) is 10.7 Å². The minimum Gasteiger partial charge on any atom is -0.332 e. The van der Waals surface area contributed by atoms with E-state index < -0.39 is 0 Å². The van der Waals surface area contributed by atoms with E-state index in [1.165, 1.54) is 5.56 Å². The fraction of sp³-hybridized carbons (Fsp3) is 0.167. The molecule has 0 amide bonds. The molecular formula is C18H18ClN5S. The average molecular weight is 372 g/mol. The van der Waals surface area contributed by atoms with E-state index >= 15 is 0 Å². The number of anilines is 2. The van der Waals surface area contributed by atoms with E-state index in [1.807, 2.05) is 25.1 Å². The van der Waals surface area contributed by atoms with E-state index in [0.29, 0.717) is 22.6 Å². The normalized spacial score (nSPS) is 10.5. The number of thiocarbonyl (C=S) groups is 1. The molecule has 0 unspecified atom stereocenters. The maximum atomic E-state index is 6.12. The summed E-state index contributed by atoms with van der Waals surface area (Å²) in [5, 5.41) is 11.5. The van der Waals surface area contributed by atoms with Gasteiger partial charge in [-0.1, -0.05) is 47.5 Å². The first-order chi connectivity index (χ1) is 12.0. The Morgan fingerprint density at radius 2 is 1.88 bits per heavy atom. The van der Waals surface area contributed by atoms with Crippen LogP contribution in [0.15, 0.2) is 48.8 Å². The zero-order chi connectivity index (χ0) is 17.8. The maximum Gasteiger partial charge on any atom is 0.248 e. The Hall–Kier alpha value is -2.44. The second kappa shape index (κ2) is 7.63. The fourth-order valence-corrected chi connectivity index (χ4v) is 2.63. The first-order valence-corrected chi connectivity index (χ1v) is 8.57. The molecule has 0 saturated carbocycles. The first-order valence-electron chi connectivity index (χ1n) is 7.79. The molecule has 0 aliphatic carbocycles. The van der Waals surface area contributed by atoms with Crippen LogP contribution < -0.4 is 10.6 Å². The molecule has 0 radical (unpaired) electrons. The van der Waals surface area contributed by atoms with Crippen LogP contribution in [0.4, 0.5) is 11.6 Å². The standard InChI is InChI=1S/C18H18ClN5S/c1-12-3-6-14(7-4-12)10-24-11-20-17(23-24)22-18(25)21-15-8-5-13(2)16(19)9-15/h3-9,11H,10H2,1-2H3,(H2,21,22,23,25). The monoisotopic (exact) mass is 371 g/mol. The zero-order valence-corrected chi connectivity index (χ0v) is 15.5. The quantitative estimate of drug-likeness (QED) is 0.665. The van der Waals surface area contributed by atoms with E-state index in [0.717, 1.165) is 16.8 Å². The zero-order valence-electron chi connectivity index (χ0n) is 14.0. The summed E-state index contributed by atoms with van der Waals surface area (Å²) in [6.07, 6.45) is 1.67. The Kier molecular flexibility index (Phi) is 5.31. The number of nitrogens with one attached hydrogen (secondary N) is 2. The summed E-state index contributed by atoms with van der Waals surface area (Å²) in [6.45, 7) is 4.67. The highest BCUT2D eigenvalue weighted by Gasteiger charge is 2.05. The van der Waals surface area contributed by atoms with Crippen LogP contribution in [-0.4, -0.2) is 19.9 Å². The molecule has 7 heteroatoms. The van der Waals surface area contributed by atoms with Gasteiger partial charge in [-0.3, -0.25) is 5.32 Å². The minimum absolute atomic E-state index is 0.410. The molecule has 1 heterocycles. The molecule has 0 spiro atoms. The van der Waals surface area contributed by atoms with Crippen molar-refractivity contribution in [2.24, 2.45) is 0 Å². The molecule has 0 aliphatic rings. The number of benzene rings is 2. The predicted molar refractivity (Wildman–Crippen MR) is 106 cm³/mol. The van der Waals surface area contributed by atoms with Crippen LogP contribution in [0.3, 0.4) is 0 Å². The van der Waals surface area contributed by atoms with Crippen molar-refractivity contribution in [2.45, 2.75) is 20.4 Å². The van der Waals surface area contributed by atoms with Crippen LogP contribution in [0.25, 0.3) is 0 Å². The van der Waals surface area contributed by atoms with Crippen LogP contribution in [0.2, 0.25) is 5.02 Å². The molecule has 3 rings (SSSR count). The molecule has 3 aromatic rings. The lowest BCUT2D eigenvalue weighted by atomic mass is 10.1. The molecule has 0 bridgehead atoms. The second-order valence-corrected chi connectivity index (χ2v) is 6.61. The van der Waals surface area contributed by atoms with E-state index in [1.54, 1.807) is 11.0 Å². The van der Waals surface area contributed by atoms with Crippen molar-refractivity contribution in [2.75, 3.05) is 10.6 Å². The van der Waals surface area contributed by atoms with E-state index in [-0.39, 0.29) is 0 Å². The van der Waals surface area contributed by atoms with Gasteiger partial charge in [0.15, 0.2) is 5.11 Å². The highest BCUT2D eigenvalue weighted by atomic mass is 35.5. The molecule has 2 N–H and O–H groups in total. The SMILES string of the molecule is Cc1ccc(Cn2cnc(NC(=S)Nc3ccc(C)c(Cl)c3)n2)cc1. The Labute approximate surface area is 157 Å². The van der Waals surface area contributed by atoms with Crippen molar-refractivity contribution in [3.63, 3.8) is 0 Å². The van der Waals surface area contributed by atoms with Crippen molar-refractivity contribution >= 4 is 40.6 Å². The molecule has 0 aliphatic heterocycles. The van der Waals surface area contributed by atoms with Gasteiger partial charge in [0.05, 0.1) is 6.54 Å². The first kappa shape index (κ1) is 17.4. The summed E-state index contributed by atoms with van der Waals surface area (Å²) in [5.41, 5.74) is 4.23. The molecule has 5 nitrogen and oxygen atoms in total. The summed E-state index contributed by atoms with van der Waals surface area (Å²) in [5.74, 6) is 0.447. The number of rotatable bonds is 4. The predicted octanol–water partition coefficient (Wildman–Crippen LogP) is 4.41.